The number of carbonyl (C=O) groups is 1. The highest BCUT2D eigenvalue weighted by Gasteiger charge is 2.36. The first-order chi connectivity index (χ1) is 10.3. The van der Waals surface area contributed by atoms with Gasteiger partial charge in [0.15, 0.2) is 5.78 Å². The number of Topliss-reactive ketones (excluding diaryl/α,β-unsaturated/α-hetero) is 1. The molecule has 2 rings (SSSR count). The fourth-order valence-corrected chi connectivity index (χ4v) is 2.58. The van der Waals surface area contributed by atoms with Crippen molar-refractivity contribution in [3.05, 3.63) is 70.2 Å². The molecular weight excluding hydrogens is 313 g/mol. The maximum Gasteiger partial charge on any atom is 0.417 e. The lowest BCUT2D eigenvalue weighted by Gasteiger charge is -2.18. The molecule has 0 saturated heterocycles. The van der Waals surface area contributed by atoms with E-state index in [0.717, 1.165) is 12.1 Å². The average molecular weight is 327 g/mol. The monoisotopic (exact) mass is 326 g/mol. The van der Waals surface area contributed by atoms with Crippen LogP contribution in [0.1, 0.15) is 40.7 Å². The van der Waals surface area contributed by atoms with Gasteiger partial charge in [0.1, 0.15) is 0 Å². The van der Waals surface area contributed by atoms with Crippen LogP contribution < -0.4 is 0 Å². The van der Waals surface area contributed by atoms with Crippen LogP contribution in [0.5, 0.6) is 0 Å². The van der Waals surface area contributed by atoms with E-state index in [1.807, 2.05) is 0 Å². The maximum atomic E-state index is 13.1. The van der Waals surface area contributed by atoms with Crippen LogP contribution in [-0.4, -0.2) is 5.78 Å². The van der Waals surface area contributed by atoms with Gasteiger partial charge in [-0.25, -0.2) is 0 Å². The minimum atomic E-state index is -4.62. The molecule has 0 bridgehead atoms. The first-order valence-electron chi connectivity index (χ1n) is 6.80. The molecule has 1 unspecified atom stereocenters. The van der Waals surface area contributed by atoms with Gasteiger partial charge in [-0.3, -0.25) is 4.79 Å². The highest BCUT2D eigenvalue weighted by atomic mass is 35.5. The lowest BCUT2D eigenvalue weighted by Crippen LogP contribution is -2.18. The summed E-state index contributed by atoms with van der Waals surface area (Å²) in [6.07, 6.45) is -4.20. The molecule has 0 aromatic heterocycles. The number of rotatable bonds is 4. The molecule has 0 amide bonds. The minimum Gasteiger partial charge on any atom is -0.293 e. The number of hydrogen-bond donors (Lipinski definition) is 0. The Morgan fingerprint density at radius 3 is 2.32 bits per heavy atom. The quantitative estimate of drug-likeness (QED) is 0.655. The van der Waals surface area contributed by atoms with E-state index in [9.17, 15) is 18.0 Å². The van der Waals surface area contributed by atoms with Crippen LogP contribution in [0, 0.1) is 0 Å². The summed E-state index contributed by atoms with van der Waals surface area (Å²) in [6, 6.07) is 12.1. The van der Waals surface area contributed by atoms with Gasteiger partial charge in [0.25, 0.3) is 0 Å². The van der Waals surface area contributed by atoms with E-state index in [0.29, 0.717) is 12.0 Å². The molecule has 0 aliphatic carbocycles. The third-order valence-corrected chi connectivity index (χ3v) is 3.71. The summed E-state index contributed by atoms with van der Waals surface area (Å²) in [4.78, 5) is 12.6. The number of halogens is 4. The number of alkyl halides is 3. The Morgan fingerprint density at radius 1 is 1.14 bits per heavy atom. The first kappa shape index (κ1) is 16.6. The number of benzene rings is 2. The number of ketones is 1. The topological polar surface area (TPSA) is 17.1 Å². The highest BCUT2D eigenvalue weighted by Crippen LogP contribution is 2.36. The molecule has 0 spiro atoms. The number of hydrogen-bond acceptors (Lipinski definition) is 1. The van der Waals surface area contributed by atoms with Crippen LogP contribution in [0.4, 0.5) is 13.2 Å². The third kappa shape index (κ3) is 3.50. The Kier molecular flexibility index (Phi) is 4.91. The van der Waals surface area contributed by atoms with Gasteiger partial charge in [0.2, 0.25) is 0 Å². The molecule has 5 heteroatoms. The molecule has 0 aliphatic heterocycles. The van der Waals surface area contributed by atoms with E-state index in [2.05, 4.69) is 0 Å². The van der Waals surface area contributed by atoms with Crippen molar-refractivity contribution in [2.24, 2.45) is 0 Å². The van der Waals surface area contributed by atoms with Crippen molar-refractivity contribution in [2.75, 3.05) is 0 Å². The fraction of sp³-hybridized carbons (Fsp3) is 0.235. The molecule has 1 nitrogen and oxygen atoms in total. The highest BCUT2D eigenvalue weighted by molar-refractivity contribution is 6.30. The second kappa shape index (κ2) is 6.53. The summed E-state index contributed by atoms with van der Waals surface area (Å²) >= 11 is 5.65. The van der Waals surface area contributed by atoms with Crippen molar-refractivity contribution in [3.63, 3.8) is 0 Å². The summed E-state index contributed by atoms with van der Waals surface area (Å²) in [5.74, 6) is -1.15. The largest absolute Gasteiger partial charge is 0.417 e. The zero-order valence-corrected chi connectivity index (χ0v) is 12.6. The molecule has 0 fully saturated rings. The molecule has 1 atom stereocenters. The fourth-order valence-electron chi connectivity index (χ4n) is 2.41. The predicted molar refractivity (Wildman–Crippen MR) is 80.3 cm³/mol. The van der Waals surface area contributed by atoms with Gasteiger partial charge < -0.3 is 0 Å². The van der Waals surface area contributed by atoms with E-state index in [1.54, 1.807) is 37.3 Å². The average Bonchev–Trinajstić information content (AvgIpc) is 2.48. The molecule has 0 heterocycles. The molecular formula is C17H14ClF3O. The SMILES string of the molecule is CCC(C(=O)c1ccc(Cl)cc1C(F)(F)F)c1ccccc1. The minimum absolute atomic E-state index is 0.0448. The van der Waals surface area contributed by atoms with Crippen LogP contribution in [0.15, 0.2) is 48.5 Å². The summed E-state index contributed by atoms with van der Waals surface area (Å²) in [5.41, 5.74) is -0.620. The Balaban J connectivity index is 2.49. The second-order valence-corrected chi connectivity index (χ2v) is 5.36. The van der Waals surface area contributed by atoms with Gasteiger partial charge in [-0.15, -0.1) is 0 Å². The Morgan fingerprint density at radius 2 is 1.77 bits per heavy atom. The van der Waals surface area contributed by atoms with E-state index in [1.165, 1.54) is 6.07 Å². The first-order valence-corrected chi connectivity index (χ1v) is 7.18. The molecule has 0 radical (unpaired) electrons. The lowest BCUT2D eigenvalue weighted by molar-refractivity contribution is -0.137. The molecule has 0 N–H and O–H groups in total. The molecule has 2 aromatic carbocycles. The van der Waals surface area contributed by atoms with Crippen LogP contribution in [0.2, 0.25) is 5.02 Å². The van der Waals surface area contributed by atoms with Crippen molar-refractivity contribution in [3.8, 4) is 0 Å². The zero-order chi connectivity index (χ0) is 16.3. The van der Waals surface area contributed by atoms with Gasteiger partial charge >= 0.3 is 6.18 Å². The Bertz CT molecular complexity index is 665. The van der Waals surface area contributed by atoms with Crippen LogP contribution >= 0.6 is 11.6 Å². The van der Waals surface area contributed by atoms with E-state index in [4.69, 9.17) is 11.6 Å². The summed E-state index contributed by atoms with van der Waals surface area (Å²) in [5, 5.41) is -0.0448. The van der Waals surface area contributed by atoms with Crippen molar-refractivity contribution < 1.29 is 18.0 Å². The van der Waals surface area contributed by atoms with Gasteiger partial charge in [0.05, 0.1) is 5.56 Å². The molecule has 2 aromatic rings. The van der Waals surface area contributed by atoms with Crippen molar-refractivity contribution in [2.45, 2.75) is 25.4 Å². The molecule has 116 valence electrons. The van der Waals surface area contributed by atoms with Gasteiger partial charge in [-0.05, 0) is 30.2 Å². The van der Waals surface area contributed by atoms with Gasteiger partial charge in [-0.1, -0.05) is 48.9 Å². The zero-order valence-electron chi connectivity index (χ0n) is 11.8. The van der Waals surface area contributed by atoms with Crippen LogP contribution in [0.25, 0.3) is 0 Å². The van der Waals surface area contributed by atoms with Gasteiger partial charge in [-0.2, -0.15) is 13.2 Å². The Labute approximate surface area is 131 Å². The lowest BCUT2D eigenvalue weighted by atomic mass is 9.87. The van der Waals surface area contributed by atoms with E-state index in [-0.39, 0.29) is 10.6 Å². The van der Waals surface area contributed by atoms with Crippen LogP contribution in [-0.2, 0) is 6.18 Å². The van der Waals surface area contributed by atoms with Gasteiger partial charge in [0, 0.05) is 16.5 Å². The predicted octanol–water partition coefficient (Wildman–Crippen LogP) is 5.74. The van der Waals surface area contributed by atoms with E-state index < -0.39 is 23.4 Å². The summed E-state index contributed by atoms with van der Waals surface area (Å²) in [7, 11) is 0. The summed E-state index contributed by atoms with van der Waals surface area (Å²) in [6.45, 7) is 1.78. The van der Waals surface area contributed by atoms with Crippen molar-refractivity contribution in [1.29, 1.82) is 0 Å². The standard InChI is InChI=1S/C17H14ClF3O/c1-2-13(11-6-4-3-5-7-11)16(22)14-9-8-12(18)10-15(14)17(19,20)21/h3-10,13H,2H2,1H3. The third-order valence-electron chi connectivity index (χ3n) is 3.48. The smallest absolute Gasteiger partial charge is 0.293 e. The normalized spacial score (nSPS) is 13.0. The van der Waals surface area contributed by atoms with Crippen molar-refractivity contribution >= 4 is 17.4 Å². The number of carbonyl (C=O) groups excluding carboxylic acids is 1. The summed E-state index contributed by atoms with van der Waals surface area (Å²) < 4.78 is 39.4. The molecule has 0 aliphatic rings. The molecule has 0 saturated carbocycles. The molecule has 22 heavy (non-hydrogen) atoms. The second-order valence-electron chi connectivity index (χ2n) is 4.92. The van der Waals surface area contributed by atoms with E-state index >= 15 is 0 Å². The van der Waals surface area contributed by atoms with Crippen molar-refractivity contribution in [1.82, 2.24) is 0 Å². The Hall–Kier alpha value is -1.81. The van der Waals surface area contributed by atoms with Crippen LogP contribution in [0.3, 0.4) is 0 Å². The maximum absolute atomic E-state index is 13.1.